The van der Waals surface area contributed by atoms with Gasteiger partial charge in [0.15, 0.2) is 0 Å². The molecular weight excluding hydrogens is 617 g/mol. The summed E-state index contributed by atoms with van der Waals surface area (Å²) in [6, 6.07) is 49.2. The van der Waals surface area contributed by atoms with Crippen molar-refractivity contribution in [2.75, 3.05) is 0 Å². The van der Waals surface area contributed by atoms with Crippen molar-refractivity contribution in [1.82, 2.24) is 10.6 Å². The number of benzene rings is 6. The Morgan fingerprint density at radius 2 is 1.31 bits per heavy atom. The van der Waals surface area contributed by atoms with Crippen LogP contribution in [0, 0.1) is 0 Å². The van der Waals surface area contributed by atoms with E-state index in [0.29, 0.717) is 0 Å². The molecule has 244 valence electrons. The van der Waals surface area contributed by atoms with E-state index < -0.39 is 0 Å². The molecule has 0 bridgehead atoms. The van der Waals surface area contributed by atoms with Crippen molar-refractivity contribution in [3.05, 3.63) is 209 Å². The van der Waals surface area contributed by atoms with Gasteiger partial charge in [-0.1, -0.05) is 159 Å². The summed E-state index contributed by atoms with van der Waals surface area (Å²) in [7, 11) is 0. The second kappa shape index (κ2) is 11.5. The van der Waals surface area contributed by atoms with Gasteiger partial charge < -0.3 is 10.6 Å². The lowest BCUT2D eigenvalue weighted by atomic mass is 9.78. The topological polar surface area (TPSA) is 24.1 Å². The number of allylic oxidation sites excluding steroid dienone is 5. The highest BCUT2D eigenvalue weighted by molar-refractivity contribution is 6.05. The van der Waals surface area contributed by atoms with E-state index >= 15 is 0 Å². The van der Waals surface area contributed by atoms with E-state index in [4.69, 9.17) is 0 Å². The summed E-state index contributed by atoms with van der Waals surface area (Å²) < 4.78 is 0. The second-order valence-corrected chi connectivity index (χ2v) is 14.6. The summed E-state index contributed by atoms with van der Waals surface area (Å²) >= 11 is 0. The molecule has 4 aliphatic rings. The van der Waals surface area contributed by atoms with Crippen molar-refractivity contribution in [3.63, 3.8) is 0 Å². The molecule has 0 spiro atoms. The molecule has 0 saturated carbocycles. The maximum absolute atomic E-state index is 3.91. The standard InChI is InChI=1S/C49H38N2/c1-49(2)42-30-36(22-25-40(42)45-41(31-12-5-3-6-13-31)29-37-16-9-10-19-39(37)46(45)49)35-17-11-18-38(28-35)44-27-24-34-21-20-33-23-26-43(32-14-7-4-8-15-32)50-47(33)48(34)51-44/h3-30,43,48,50-51H,1-2H3. The second-order valence-electron chi connectivity index (χ2n) is 14.6. The predicted molar refractivity (Wildman–Crippen MR) is 213 cm³/mol. The zero-order chi connectivity index (χ0) is 34.1. The first kappa shape index (κ1) is 29.8. The molecule has 2 aliphatic heterocycles. The number of hydrogen-bond acceptors (Lipinski definition) is 2. The molecule has 2 N–H and O–H groups in total. The minimum absolute atomic E-state index is 0.0674. The molecular formula is C49H38N2. The molecule has 0 saturated heterocycles. The minimum atomic E-state index is -0.156. The van der Waals surface area contributed by atoms with E-state index in [0.717, 1.165) is 5.70 Å². The van der Waals surface area contributed by atoms with E-state index in [-0.39, 0.29) is 17.5 Å². The van der Waals surface area contributed by atoms with Crippen molar-refractivity contribution in [2.24, 2.45) is 0 Å². The predicted octanol–water partition coefficient (Wildman–Crippen LogP) is 11.4. The van der Waals surface area contributed by atoms with Gasteiger partial charge in [-0.2, -0.15) is 0 Å². The number of fused-ring (bicyclic) bond motifs is 7. The van der Waals surface area contributed by atoms with E-state index in [1.54, 1.807) is 0 Å². The number of rotatable bonds is 4. The van der Waals surface area contributed by atoms with Gasteiger partial charge in [0.25, 0.3) is 0 Å². The molecule has 2 heterocycles. The molecule has 6 aromatic rings. The average Bonchev–Trinajstić information content (AvgIpc) is 3.44. The molecule has 2 unspecified atom stereocenters. The van der Waals surface area contributed by atoms with Gasteiger partial charge in [0.2, 0.25) is 0 Å². The van der Waals surface area contributed by atoms with E-state index in [9.17, 15) is 0 Å². The zero-order valence-corrected chi connectivity index (χ0v) is 28.8. The van der Waals surface area contributed by atoms with E-state index in [1.165, 1.54) is 83.3 Å². The normalized spacial score (nSPS) is 19.3. The summed E-state index contributed by atoms with van der Waals surface area (Å²) in [5.41, 5.74) is 17.7. The van der Waals surface area contributed by atoms with Gasteiger partial charge >= 0.3 is 0 Å². The summed E-state index contributed by atoms with van der Waals surface area (Å²) in [5.74, 6) is 0. The van der Waals surface area contributed by atoms with Gasteiger partial charge in [-0.15, -0.1) is 0 Å². The Labute approximate surface area is 299 Å². The number of dihydropyridines is 2. The fourth-order valence-electron chi connectivity index (χ4n) is 8.74. The monoisotopic (exact) mass is 654 g/mol. The van der Waals surface area contributed by atoms with Crippen LogP contribution in [0.15, 0.2) is 187 Å². The minimum Gasteiger partial charge on any atom is -0.376 e. The highest BCUT2D eigenvalue weighted by atomic mass is 15.0. The smallest absolute Gasteiger partial charge is 0.0920 e. The molecule has 2 heteroatoms. The van der Waals surface area contributed by atoms with Gasteiger partial charge in [-0.3, -0.25) is 0 Å². The van der Waals surface area contributed by atoms with Crippen LogP contribution in [0.25, 0.3) is 49.9 Å². The largest absolute Gasteiger partial charge is 0.376 e. The molecule has 2 nitrogen and oxygen atoms in total. The Hall–Kier alpha value is -6.12. The first-order chi connectivity index (χ1) is 25.0. The number of nitrogens with one attached hydrogen (secondary N) is 2. The lowest BCUT2D eigenvalue weighted by molar-refractivity contribution is 0.613. The Balaban J connectivity index is 1.01. The summed E-state index contributed by atoms with van der Waals surface area (Å²) in [4.78, 5) is 0. The van der Waals surface area contributed by atoms with Crippen LogP contribution < -0.4 is 10.6 Å². The molecule has 0 amide bonds. The highest BCUT2D eigenvalue weighted by Crippen LogP contribution is 2.55. The Bertz CT molecular complexity index is 2540. The van der Waals surface area contributed by atoms with Crippen LogP contribution in [0.3, 0.4) is 0 Å². The van der Waals surface area contributed by atoms with Crippen LogP contribution in [-0.4, -0.2) is 6.04 Å². The van der Waals surface area contributed by atoms with Crippen molar-refractivity contribution in [2.45, 2.75) is 31.3 Å². The summed E-state index contributed by atoms with van der Waals surface area (Å²) in [5, 5.41) is 10.4. The lowest BCUT2D eigenvalue weighted by Gasteiger charge is -2.36. The number of hydrogen-bond donors (Lipinski definition) is 2. The third kappa shape index (κ3) is 4.78. The molecule has 2 atom stereocenters. The first-order valence-corrected chi connectivity index (χ1v) is 18.0. The third-order valence-electron chi connectivity index (χ3n) is 11.3. The maximum Gasteiger partial charge on any atom is 0.0920 e. The van der Waals surface area contributed by atoms with Gasteiger partial charge in [0, 0.05) is 16.8 Å². The van der Waals surface area contributed by atoms with Crippen LogP contribution in [0.4, 0.5) is 0 Å². The summed E-state index contributed by atoms with van der Waals surface area (Å²) in [6.07, 6.45) is 13.5. The van der Waals surface area contributed by atoms with Gasteiger partial charge in [0.1, 0.15) is 0 Å². The lowest BCUT2D eigenvalue weighted by Crippen LogP contribution is -2.42. The van der Waals surface area contributed by atoms with E-state index in [1.807, 2.05) is 0 Å². The molecule has 2 aliphatic carbocycles. The van der Waals surface area contributed by atoms with Crippen LogP contribution in [0.2, 0.25) is 0 Å². The van der Waals surface area contributed by atoms with Crippen molar-refractivity contribution >= 4 is 16.5 Å². The molecule has 10 rings (SSSR count). The Morgan fingerprint density at radius 1 is 0.569 bits per heavy atom. The molecule has 0 radical (unpaired) electrons. The molecule has 0 fully saturated rings. The molecule has 0 aromatic heterocycles. The Morgan fingerprint density at radius 3 is 2.18 bits per heavy atom. The van der Waals surface area contributed by atoms with Gasteiger partial charge in [-0.05, 0) is 102 Å². The SMILES string of the molecule is CC1(C)c2cc(-c3cccc(C4=CC=C5C=CC6=C(NC(c7ccccc7)C=C6)C5N4)c3)ccc2-c2c(-c3ccccc3)cc3ccccc3c21. The fraction of sp³-hybridized carbons (Fsp3) is 0.102. The van der Waals surface area contributed by atoms with E-state index in [2.05, 4.69) is 194 Å². The zero-order valence-electron chi connectivity index (χ0n) is 28.8. The molecule has 51 heavy (non-hydrogen) atoms. The molecule has 6 aromatic carbocycles. The van der Waals surface area contributed by atoms with Crippen molar-refractivity contribution in [1.29, 1.82) is 0 Å². The average molecular weight is 655 g/mol. The van der Waals surface area contributed by atoms with Crippen LogP contribution in [0.5, 0.6) is 0 Å². The van der Waals surface area contributed by atoms with Crippen LogP contribution in [-0.2, 0) is 5.41 Å². The van der Waals surface area contributed by atoms with Crippen LogP contribution >= 0.6 is 0 Å². The third-order valence-corrected chi connectivity index (χ3v) is 11.3. The van der Waals surface area contributed by atoms with Crippen LogP contribution in [0.1, 0.15) is 42.1 Å². The first-order valence-electron chi connectivity index (χ1n) is 18.0. The summed E-state index contributed by atoms with van der Waals surface area (Å²) in [6.45, 7) is 4.80. The highest BCUT2D eigenvalue weighted by Gasteiger charge is 2.39. The van der Waals surface area contributed by atoms with Gasteiger partial charge in [0.05, 0.1) is 12.1 Å². The van der Waals surface area contributed by atoms with Crippen molar-refractivity contribution in [3.8, 4) is 33.4 Å². The van der Waals surface area contributed by atoms with Gasteiger partial charge in [-0.25, -0.2) is 0 Å². The van der Waals surface area contributed by atoms with Crippen molar-refractivity contribution < 1.29 is 0 Å². The maximum atomic E-state index is 3.91. The quantitative estimate of drug-likeness (QED) is 0.198. The fourth-order valence-corrected chi connectivity index (χ4v) is 8.74. The Kier molecular flexibility index (Phi) is 6.69.